The van der Waals surface area contributed by atoms with Gasteiger partial charge in [0.25, 0.3) is 0 Å². The van der Waals surface area contributed by atoms with E-state index in [2.05, 4.69) is 16.8 Å². The molecule has 74 valence electrons. The summed E-state index contributed by atoms with van der Waals surface area (Å²) in [7, 11) is 1.86. The molecule has 0 fully saturated rings. The number of nitrogens with one attached hydrogen (secondary N) is 1. The fraction of sp³-hybridized carbons (Fsp3) is 0.600. The van der Waals surface area contributed by atoms with Crippen LogP contribution in [0.25, 0.3) is 0 Å². The van der Waals surface area contributed by atoms with Gasteiger partial charge in [-0.3, -0.25) is 0 Å². The molecule has 0 saturated carbocycles. The zero-order valence-electron chi connectivity index (χ0n) is 8.21. The molecule has 1 aromatic heterocycles. The van der Waals surface area contributed by atoms with Crippen molar-refractivity contribution in [1.29, 1.82) is 0 Å². The van der Waals surface area contributed by atoms with Crippen LogP contribution in [0.15, 0.2) is 17.5 Å². The summed E-state index contributed by atoms with van der Waals surface area (Å²) in [5, 5.41) is 14.9. The zero-order chi connectivity index (χ0) is 9.73. The Morgan fingerprint density at radius 3 is 2.92 bits per heavy atom. The average molecular weight is 199 g/mol. The van der Waals surface area contributed by atoms with Crippen molar-refractivity contribution in [3.05, 3.63) is 22.4 Å². The van der Waals surface area contributed by atoms with Gasteiger partial charge in [0, 0.05) is 11.4 Å². The SMILES string of the molecule is CNCC(C)(O)CCc1cccs1. The zero-order valence-corrected chi connectivity index (χ0v) is 9.03. The number of thiophene rings is 1. The summed E-state index contributed by atoms with van der Waals surface area (Å²) < 4.78 is 0. The summed E-state index contributed by atoms with van der Waals surface area (Å²) in [5.41, 5.74) is -0.585. The number of aliphatic hydroxyl groups is 1. The quantitative estimate of drug-likeness (QED) is 0.756. The number of hydrogen-bond acceptors (Lipinski definition) is 3. The third kappa shape index (κ3) is 3.89. The van der Waals surface area contributed by atoms with Gasteiger partial charge in [0.2, 0.25) is 0 Å². The molecule has 0 bridgehead atoms. The molecule has 1 heterocycles. The predicted octanol–water partition coefficient (Wildman–Crippen LogP) is 1.65. The van der Waals surface area contributed by atoms with Crippen LogP contribution < -0.4 is 5.32 Å². The third-order valence-electron chi connectivity index (χ3n) is 2.05. The summed E-state index contributed by atoms with van der Waals surface area (Å²) in [5.74, 6) is 0. The van der Waals surface area contributed by atoms with Gasteiger partial charge < -0.3 is 10.4 Å². The highest BCUT2D eigenvalue weighted by Crippen LogP contribution is 2.16. The van der Waals surface area contributed by atoms with Crippen molar-refractivity contribution in [2.75, 3.05) is 13.6 Å². The fourth-order valence-corrected chi connectivity index (χ4v) is 2.03. The number of likely N-dealkylation sites (N-methyl/N-ethyl adjacent to an activating group) is 1. The minimum atomic E-state index is -0.585. The van der Waals surface area contributed by atoms with Gasteiger partial charge in [-0.1, -0.05) is 6.07 Å². The van der Waals surface area contributed by atoms with E-state index in [1.165, 1.54) is 4.88 Å². The first-order valence-corrected chi connectivity index (χ1v) is 5.41. The molecule has 1 unspecified atom stereocenters. The number of rotatable bonds is 5. The Kier molecular flexibility index (Phi) is 3.90. The van der Waals surface area contributed by atoms with Gasteiger partial charge in [-0.05, 0) is 38.3 Å². The van der Waals surface area contributed by atoms with E-state index < -0.39 is 5.60 Å². The van der Waals surface area contributed by atoms with Crippen LogP contribution in [0.4, 0.5) is 0 Å². The smallest absolute Gasteiger partial charge is 0.0746 e. The minimum Gasteiger partial charge on any atom is -0.389 e. The third-order valence-corrected chi connectivity index (χ3v) is 2.98. The van der Waals surface area contributed by atoms with Gasteiger partial charge in [-0.15, -0.1) is 11.3 Å². The molecule has 1 aromatic rings. The molecular weight excluding hydrogens is 182 g/mol. The average Bonchev–Trinajstić information content (AvgIpc) is 2.52. The van der Waals surface area contributed by atoms with Crippen LogP contribution in [-0.4, -0.2) is 24.3 Å². The maximum absolute atomic E-state index is 9.86. The second-order valence-corrected chi connectivity index (χ2v) is 4.64. The van der Waals surface area contributed by atoms with Gasteiger partial charge in [0.15, 0.2) is 0 Å². The predicted molar refractivity (Wildman–Crippen MR) is 57.2 cm³/mol. The van der Waals surface area contributed by atoms with Crippen LogP contribution in [0.3, 0.4) is 0 Å². The first-order valence-electron chi connectivity index (χ1n) is 4.53. The molecule has 1 atom stereocenters. The van der Waals surface area contributed by atoms with Gasteiger partial charge >= 0.3 is 0 Å². The molecule has 0 saturated heterocycles. The lowest BCUT2D eigenvalue weighted by molar-refractivity contribution is 0.0533. The van der Waals surface area contributed by atoms with E-state index in [4.69, 9.17) is 0 Å². The van der Waals surface area contributed by atoms with E-state index in [-0.39, 0.29) is 0 Å². The minimum absolute atomic E-state index is 0.585. The molecule has 0 aromatic carbocycles. The molecule has 2 nitrogen and oxygen atoms in total. The van der Waals surface area contributed by atoms with Crippen molar-refractivity contribution in [3.8, 4) is 0 Å². The van der Waals surface area contributed by atoms with Crippen LogP contribution >= 0.6 is 11.3 Å². The first-order chi connectivity index (χ1) is 6.14. The van der Waals surface area contributed by atoms with Crippen LogP contribution in [0.5, 0.6) is 0 Å². The van der Waals surface area contributed by atoms with Gasteiger partial charge in [0.05, 0.1) is 5.60 Å². The van der Waals surface area contributed by atoms with Crippen molar-refractivity contribution < 1.29 is 5.11 Å². The maximum Gasteiger partial charge on any atom is 0.0746 e. The Balaban J connectivity index is 2.33. The second kappa shape index (κ2) is 4.74. The molecule has 3 heteroatoms. The highest BCUT2D eigenvalue weighted by atomic mass is 32.1. The monoisotopic (exact) mass is 199 g/mol. The molecular formula is C10H17NOS. The Morgan fingerprint density at radius 2 is 2.38 bits per heavy atom. The topological polar surface area (TPSA) is 32.3 Å². The van der Waals surface area contributed by atoms with E-state index in [9.17, 15) is 5.11 Å². The largest absolute Gasteiger partial charge is 0.389 e. The van der Waals surface area contributed by atoms with Gasteiger partial charge in [0.1, 0.15) is 0 Å². The summed E-state index contributed by atoms with van der Waals surface area (Å²) in [6.45, 7) is 2.52. The Morgan fingerprint density at radius 1 is 1.62 bits per heavy atom. The van der Waals surface area contributed by atoms with Gasteiger partial charge in [-0.25, -0.2) is 0 Å². The molecule has 13 heavy (non-hydrogen) atoms. The lowest BCUT2D eigenvalue weighted by atomic mass is 10.00. The van der Waals surface area contributed by atoms with Crippen molar-refractivity contribution in [3.63, 3.8) is 0 Å². The molecule has 0 aliphatic rings. The normalized spacial score (nSPS) is 15.6. The highest BCUT2D eigenvalue weighted by molar-refractivity contribution is 7.09. The lowest BCUT2D eigenvalue weighted by Crippen LogP contribution is -2.36. The maximum atomic E-state index is 9.86. The van der Waals surface area contributed by atoms with Crippen LogP contribution in [-0.2, 0) is 6.42 Å². The number of hydrogen-bond donors (Lipinski definition) is 2. The van der Waals surface area contributed by atoms with E-state index in [0.717, 1.165) is 12.8 Å². The summed E-state index contributed by atoms with van der Waals surface area (Å²) in [6.07, 6.45) is 1.78. The fourth-order valence-electron chi connectivity index (χ4n) is 1.32. The van der Waals surface area contributed by atoms with Crippen LogP contribution in [0, 0.1) is 0 Å². The van der Waals surface area contributed by atoms with E-state index in [1.54, 1.807) is 11.3 Å². The molecule has 0 aliphatic heterocycles. The molecule has 0 radical (unpaired) electrons. The van der Waals surface area contributed by atoms with E-state index >= 15 is 0 Å². The summed E-state index contributed by atoms with van der Waals surface area (Å²) in [6, 6.07) is 4.16. The van der Waals surface area contributed by atoms with Crippen molar-refractivity contribution >= 4 is 11.3 Å². The van der Waals surface area contributed by atoms with Gasteiger partial charge in [-0.2, -0.15) is 0 Å². The standard InChI is InChI=1S/C10H17NOS/c1-10(12,8-11-2)6-5-9-4-3-7-13-9/h3-4,7,11-12H,5-6,8H2,1-2H3. The van der Waals surface area contributed by atoms with Crippen LogP contribution in [0.2, 0.25) is 0 Å². The van der Waals surface area contributed by atoms with E-state index in [1.807, 2.05) is 20.0 Å². The number of aryl methyl sites for hydroxylation is 1. The lowest BCUT2D eigenvalue weighted by Gasteiger charge is -2.22. The summed E-state index contributed by atoms with van der Waals surface area (Å²) in [4.78, 5) is 1.34. The highest BCUT2D eigenvalue weighted by Gasteiger charge is 2.18. The van der Waals surface area contributed by atoms with Crippen molar-refractivity contribution in [1.82, 2.24) is 5.32 Å². The van der Waals surface area contributed by atoms with Crippen molar-refractivity contribution in [2.45, 2.75) is 25.4 Å². The van der Waals surface area contributed by atoms with Crippen molar-refractivity contribution in [2.24, 2.45) is 0 Å². The summed E-state index contributed by atoms with van der Waals surface area (Å²) >= 11 is 1.75. The molecule has 1 rings (SSSR count). The molecule has 0 aliphatic carbocycles. The van der Waals surface area contributed by atoms with Crippen LogP contribution in [0.1, 0.15) is 18.2 Å². The van der Waals surface area contributed by atoms with E-state index in [0.29, 0.717) is 6.54 Å². The molecule has 0 amide bonds. The molecule has 2 N–H and O–H groups in total. The first kappa shape index (κ1) is 10.7. The Labute approximate surface area is 83.6 Å². The Bertz CT molecular complexity index is 231. The molecule has 0 spiro atoms. The Hall–Kier alpha value is -0.380. The second-order valence-electron chi connectivity index (χ2n) is 3.61.